The van der Waals surface area contributed by atoms with E-state index in [9.17, 15) is 5.11 Å². The van der Waals surface area contributed by atoms with Gasteiger partial charge in [-0.15, -0.1) is 0 Å². The molecule has 0 saturated carbocycles. The molecule has 0 heterocycles. The van der Waals surface area contributed by atoms with Gasteiger partial charge in [0.2, 0.25) is 0 Å². The smallest absolute Gasteiger partial charge is 0.0442 e. The van der Waals surface area contributed by atoms with Crippen molar-refractivity contribution >= 4 is 0 Å². The van der Waals surface area contributed by atoms with Gasteiger partial charge in [0.15, 0.2) is 0 Å². The molecule has 0 atom stereocenters. The van der Waals surface area contributed by atoms with Crippen molar-refractivity contribution < 1.29 is 5.11 Å². The highest BCUT2D eigenvalue weighted by Crippen LogP contribution is 2.34. The molecule has 1 heteroatoms. The van der Waals surface area contributed by atoms with E-state index in [0.29, 0.717) is 0 Å². The van der Waals surface area contributed by atoms with Crippen LogP contribution >= 0.6 is 0 Å². The molecule has 0 aromatic heterocycles. The van der Waals surface area contributed by atoms with Crippen LogP contribution in [0.3, 0.4) is 0 Å². The molecule has 2 aromatic carbocycles. The molecule has 0 unspecified atom stereocenters. The van der Waals surface area contributed by atoms with Gasteiger partial charge in [-0.1, -0.05) is 67.6 Å². The maximum atomic E-state index is 9.32. The third kappa shape index (κ3) is 2.40. The van der Waals surface area contributed by atoms with E-state index in [2.05, 4.69) is 31.2 Å². The van der Waals surface area contributed by atoms with Gasteiger partial charge in [0.1, 0.15) is 0 Å². The Morgan fingerprint density at radius 2 is 1.24 bits per heavy atom. The number of aliphatic hydroxyl groups is 1. The lowest BCUT2D eigenvalue weighted by molar-refractivity contribution is 0.259. The van der Waals surface area contributed by atoms with Crippen molar-refractivity contribution in [2.24, 2.45) is 0 Å². The Morgan fingerprint density at radius 3 is 1.59 bits per heavy atom. The predicted octanol–water partition coefficient (Wildman–Crippen LogP) is 3.38. The molecule has 0 spiro atoms. The molecule has 0 fully saturated rings. The summed E-state index contributed by atoms with van der Waals surface area (Å²) in [6.07, 6.45) is 0.737. The van der Waals surface area contributed by atoms with E-state index < -0.39 is 0 Å². The average Bonchev–Trinajstić information content (AvgIpc) is 2.41. The van der Waals surface area contributed by atoms with Crippen molar-refractivity contribution in [3.63, 3.8) is 0 Å². The molecule has 88 valence electrons. The number of aliphatic hydroxyl groups excluding tert-OH is 1. The highest BCUT2D eigenvalue weighted by Gasteiger charge is 2.27. The van der Waals surface area contributed by atoms with Gasteiger partial charge in [0.25, 0.3) is 0 Å². The van der Waals surface area contributed by atoms with E-state index in [4.69, 9.17) is 0 Å². The first kappa shape index (κ1) is 11.9. The molecule has 0 saturated heterocycles. The van der Waals surface area contributed by atoms with Gasteiger partial charge in [-0.05, 0) is 17.5 Å². The van der Waals surface area contributed by atoms with Crippen LogP contribution in [0.4, 0.5) is 0 Å². The number of benzene rings is 2. The predicted molar refractivity (Wildman–Crippen MR) is 71.0 cm³/mol. The van der Waals surface area contributed by atoms with Crippen LogP contribution in [0.25, 0.3) is 0 Å². The van der Waals surface area contributed by atoms with Gasteiger partial charge in [-0.3, -0.25) is 0 Å². The fourth-order valence-electron chi connectivity index (χ4n) is 2.29. The van der Waals surface area contributed by atoms with Gasteiger partial charge >= 0.3 is 0 Å². The van der Waals surface area contributed by atoms with E-state index in [0.717, 1.165) is 6.42 Å². The first-order chi connectivity index (χ1) is 8.27. The zero-order chi connectivity index (χ0) is 12.1. The first-order valence-electron chi connectivity index (χ1n) is 5.99. The second-order valence-electron chi connectivity index (χ2n) is 4.54. The van der Waals surface area contributed by atoms with Gasteiger partial charge in [-0.25, -0.2) is 0 Å². The Morgan fingerprint density at radius 1 is 0.824 bits per heavy atom. The summed E-state index contributed by atoms with van der Waals surface area (Å²) in [5, 5.41) is 9.32. The molecule has 0 bridgehead atoms. The summed E-state index contributed by atoms with van der Waals surface area (Å²) in [5.74, 6) is 0. The Balaban J connectivity index is 2.47. The summed E-state index contributed by atoms with van der Waals surface area (Å²) in [4.78, 5) is 0. The Kier molecular flexibility index (Phi) is 3.60. The summed E-state index contributed by atoms with van der Waals surface area (Å²) in [6, 6.07) is 20.8. The highest BCUT2D eigenvalue weighted by molar-refractivity contribution is 5.38. The first-order valence-corrected chi connectivity index (χ1v) is 5.99. The lowest BCUT2D eigenvalue weighted by Crippen LogP contribution is -2.25. The van der Waals surface area contributed by atoms with Crippen molar-refractivity contribution in [3.8, 4) is 0 Å². The molecule has 0 amide bonds. The van der Waals surface area contributed by atoms with Crippen LogP contribution in [0.2, 0.25) is 0 Å². The third-order valence-corrected chi connectivity index (χ3v) is 3.43. The van der Waals surface area contributed by atoms with Crippen LogP contribution in [-0.2, 0) is 5.41 Å². The van der Waals surface area contributed by atoms with Crippen molar-refractivity contribution in [2.45, 2.75) is 18.8 Å². The summed E-state index contributed by atoms with van der Waals surface area (Å²) >= 11 is 0. The summed E-state index contributed by atoms with van der Waals surface area (Å²) < 4.78 is 0. The van der Waals surface area contributed by atoms with Crippen molar-refractivity contribution in [2.75, 3.05) is 6.61 Å². The second-order valence-corrected chi connectivity index (χ2v) is 4.54. The molecule has 0 aliphatic heterocycles. The third-order valence-electron chi connectivity index (χ3n) is 3.43. The van der Waals surface area contributed by atoms with Crippen LogP contribution in [0.5, 0.6) is 0 Å². The van der Waals surface area contributed by atoms with E-state index in [1.165, 1.54) is 11.1 Å². The molecule has 0 aliphatic rings. The van der Waals surface area contributed by atoms with Crippen molar-refractivity contribution in [1.82, 2.24) is 0 Å². The van der Waals surface area contributed by atoms with Crippen LogP contribution < -0.4 is 0 Å². The fraction of sp³-hybridized carbons (Fsp3) is 0.250. The average molecular weight is 226 g/mol. The maximum absolute atomic E-state index is 9.32. The Hall–Kier alpha value is -1.60. The van der Waals surface area contributed by atoms with E-state index in [1.54, 1.807) is 0 Å². The van der Waals surface area contributed by atoms with Crippen LogP contribution in [-0.4, -0.2) is 11.7 Å². The normalized spacial score (nSPS) is 11.4. The Labute approximate surface area is 103 Å². The molecular formula is C16H18O. The SMILES string of the molecule is CC(CCO)(c1ccccc1)c1ccccc1. The lowest BCUT2D eigenvalue weighted by atomic mass is 9.74. The summed E-state index contributed by atoms with van der Waals surface area (Å²) in [5.41, 5.74) is 2.39. The quantitative estimate of drug-likeness (QED) is 0.847. The van der Waals surface area contributed by atoms with Gasteiger partial charge in [0.05, 0.1) is 0 Å². The van der Waals surface area contributed by atoms with Gasteiger partial charge < -0.3 is 5.11 Å². The Bertz CT molecular complexity index is 408. The summed E-state index contributed by atoms with van der Waals surface area (Å²) in [6.45, 7) is 2.38. The van der Waals surface area contributed by atoms with Crippen molar-refractivity contribution in [3.05, 3.63) is 71.8 Å². The fourth-order valence-corrected chi connectivity index (χ4v) is 2.29. The summed E-state index contributed by atoms with van der Waals surface area (Å²) in [7, 11) is 0. The van der Waals surface area contributed by atoms with Gasteiger partial charge in [-0.2, -0.15) is 0 Å². The molecule has 1 N–H and O–H groups in total. The second kappa shape index (κ2) is 5.15. The largest absolute Gasteiger partial charge is 0.396 e. The molecule has 1 nitrogen and oxygen atoms in total. The monoisotopic (exact) mass is 226 g/mol. The minimum Gasteiger partial charge on any atom is -0.396 e. The van der Waals surface area contributed by atoms with Crippen LogP contribution in [0.1, 0.15) is 24.5 Å². The molecule has 17 heavy (non-hydrogen) atoms. The van der Waals surface area contributed by atoms with E-state index in [1.807, 2.05) is 36.4 Å². The molecule has 2 rings (SSSR count). The topological polar surface area (TPSA) is 20.2 Å². The standard InChI is InChI=1S/C16H18O/c1-16(12-13-17,14-8-4-2-5-9-14)15-10-6-3-7-11-15/h2-11,17H,12-13H2,1H3. The number of hydrogen-bond donors (Lipinski definition) is 1. The zero-order valence-electron chi connectivity index (χ0n) is 10.1. The van der Waals surface area contributed by atoms with Crippen LogP contribution in [0, 0.1) is 0 Å². The van der Waals surface area contributed by atoms with Crippen molar-refractivity contribution in [1.29, 1.82) is 0 Å². The van der Waals surface area contributed by atoms with E-state index >= 15 is 0 Å². The number of rotatable bonds is 4. The maximum Gasteiger partial charge on any atom is 0.0442 e. The number of hydrogen-bond acceptors (Lipinski definition) is 1. The molecular weight excluding hydrogens is 208 g/mol. The highest BCUT2D eigenvalue weighted by atomic mass is 16.3. The molecule has 0 aliphatic carbocycles. The van der Waals surface area contributed by atoms with Gasteiger partial charge in [0, 0.05) is 12.0 Å². The zero-order valence-corrected chi connectivity index (χ0v) is 10.1. The van der Waals surface area contributed by atoms with E-state index in [-0.39, 0.29) is 12.0 Å². The molecule has 0 radical (unpaired) electrons. The van der Waals surface area contributed by atoms with Crippen LogP contribution in [0.15, 0.2) is 60.7 Å². The lowest BCUT2D eigenvalue weighted by Gasteiger charge is -2.30. The molecule has 2 aromatic rings. The minimum absolute atomic E-state index is 0.114. The minimum atomic E-state index is -0.114.